The van der Waals surface area contributed by atoms with E-state index in [1.165, 1.54) is 30.2 Å². The van der Waals surface area contributed by atoms with E-state index < -0.39 is 0 Å². The van der Waals surface area contributed by atoms with E-state index in [0.29, 0.717) is 16.9 Å². The van der Waals surface area contributed by atoms with Crippen molar-refractivity contribution in [1.29, 1.82) is 0 Å². The van der Waals surface area contributed by atoms with Crippen LogP contribution in [-0.2, 0) is 6.54 Å². The molecule has 21 heavy (non-hydrogen) atoms. The number of methoxy groups -OCH3 is 1. The quantitative estimate of drug-likeness (QED) is 0.941. The van der Waals surface area contributed by atoms with Gasteiger partial charge in [0, 0.05) is 24.7 Å². The third-order valence-electron chi connectivity index (χ3n) is 3.14. The minimum Gasteiger partial charge on any atom is -0.504 e. The Morgan fingerprint density at radius 1 is 1.29 bits per heavy atom. The largest absolute Gasteiger partial charge is 0.504 e. The van der Waals surface area contributed by atoms with Crippen LogP contribution >= 0.6 is 0 Å². The molecule has 2 rings (SSSR count). The lowest BCUT2D eigenvalue weighted by atomic mass is 10.1. The highest BCUT2D eigenvalue weighted by Gasteiger charge is 2.15. The highest BCUT2D eigenvalue weighted by Crippen LogP contribution is 2.26. The first-order valence-electron chi connectivity index (χ1n) is 6.39. The minimum atomic E-state index is -0.352. The summed E-state index contributed by atoms with van der Waals surface area (Å²) in [6, 6.07) is 10.7. The van der Waals surface area contributed by atoms with Crippen LogP contribution in [0.2, 0.25) is 0 Å². The summed E-state index contributed by atoms with van der Waals surface area (Å²) in [5.41, 5.74) is 0.748. The summed E-state index contributed by atoms with van der Waals surface area (Å²) in [6.07, 6.45) is 0. The van der Waals surface area contributed by atoms with E-state index in [2.05, 4.69) is 0 Å². The molecule has 0 heterocycles. The maximum absolute atomic E-state index is 13.6. The highest BCUT2D eigenvalue weighted by atomic mass is 19.1. The van der Waals surface area contributed by atoms with Crippen molar-refractivity contribution in [2.45, 2.75) is 6.54 Å². The molecule has 0 atom stereocenters. The Morgan fingerprint density at radius 3 is 2.62 bits per heavy atom. The predicted octanol–water partition coefficient (Wildman–Crippen LogP) is 2.81. The normalized spacial score (nSPS) is 10.2. The van der Waals surface area contributed by atoms with Gasteiger partial charge in [-0.05, 0) is 24.3 Å². The van der Waals surface area contributed by atoms with E-state index in [1.54, 1.807) is 31.3 Å². The van der Waals surface area contributed by atoms with Crippen molar-refractivity contribution >= 4 is 5.91 Å². The van der Waals surface area contributed by atoms with E-state index in [0.717, 1.165) is 0 Å². The van der Waals surface area contributed by atoms with Crippen molar-refractivity contribution < 1.29 is 19.0 Å². The monoisotopic (exact) mass is 289 g/mol. The van der Waals surface area contributed by atoms with E-state index in [4.69, 9.17) is 4.74 Å². The Bertz CT molecular complexity index is 658. The molecule has 0 radical (unpaired) electrons. The van der Waals surface area contributed by atoms with Gasteiger partial charge in [0.1, 0.15) is 5.82 Å². The zero-order valence-electron chi connectivity index (χ0n) is 11.8. The summed E-state index contributed by atoms with van der Waals surface area (Å²) in [7, 11) is 3.01. The number of phenolic OH excluding ortho intramolecular Hbond substituents is 1. The van der Waals surface area contributed by atoms with Crippen LogP contribution in [-0.4, -0.2) is 30.1 Å². The second-order valence-corrected chi connectivity index (χ2v) is 4.64. The average molecular weight is 289 g/mol. The number of halogens is 1. The fraction of sp³-hybridized carbons (Fsp3) is 0.188. The summed E-state index contributed by atoms with van der Waals surface area (Å²) in [6.45, 7) is 0.151. The first-order valence-corrected chi connectivity index (χ1v) is 6.39. The Hall–Kier alpha value is -2.56. The number of hydrogen-bond acceptors (Lipinski definition) is 3. The molecule has 0 bridgehead atoms. The van der Waals surface area contributed by atoms with Crippen LogP contribution in [0.25, 0.3) is 0 Å². The molecular formula is C16H16FNO3. The van der Waals surface area contributed by atoms with Gasteiger partial charge in [-0.25, -0.2) is 4.39 Å². The Morgan fingerprint density at radius 2 is 2.00 bits per heavy atom. The van der Waals surface area contributed by atoms with Crippen LogP contribution in [0.15, 0.2) is 42.5 Å². The van der Waals surface area contributed by atoms with E-state index in [-0.39, 0.29) is 24.0 Å². The molecule has 2 aromatic carbocycles. The van der Waals surface area contributed by atoms with Gasteiger partial charge in [0.05, 0.1) is 7.11 Å². The van der Waals surface area contributed by atoms with Crippen molar-refractivity contribution in [3.05, 3.63) is 59.4 Å². The molecule has 1 amide bonds. The molecule has 0 aliphatic heterocycles. The molecule has 0 saturated heterocycles. The van der Waals surface area contributed by atoms with Gasteiger partial charge in [-0.3, -0.25) is 4.79 Å². The molecule has 5 heteroatoms. The van der Waals surface area contributed by atoms with Gasteiger partial charge in [-0.2, -0.15) is 0 Å². The Labute approximate surface area is 122 Å². The summed E-state index contributed by atoms with van der Waals surface area (Å²) >= 11 is 0. The highest BCUT2D eigenvalue weighted by molar-refractivity contribution is 5.94. The fourth-order valence-corrected chi connectivity index (χ4v) is 2.00. The average Bonchev–Trinajstić information content (AvgIpc) is 2.48. The number of phenols is 1. The Kier molecular flexibility index (Phi) is 4.42. The number of rotatable bonds is 4. The predicted molar refractivity (Wildman–Crippen MR) is 76.9 cm³/mol. The fourth-order valence-electron chi connectivity index (χ4n) is 2.00. The van der Waals surface area contributed by atoms with Gasteiger partial charge < -0.3 is 14.7 Å². The van der Waals surface area contributed by atoms with Crippen molar-refractivity contribution in [2.24, 2.45) is 0 Å². The summed E-state index contributed by atoms with van der Waals surface area (Å²) < 4.78 is 18.5. The number of carbonyl (C=O) groups excluding carboxylic acids is 1. The Balaban J connectivity index is 2.16. The van der Waals surface area contributed by atoms with Crippen LogP contribution < -0.4 is 4.74 Å². The van der Waals surface area contributed by atoms with Gasteiger partial charge in [0.15, 0.2) is 11.5 Å². The molecule has 0 spiro atoms. The van der Waals surface area contributed by atoms with Crippen LogP contribution in [0.4, 0.5) is 4.39 Å². The summed E-state index contributed by atoms with van der Waals surface area (Å²) in [5, 5.41) is 9.70. The molecule has 0 fully saturated rings. The van der Waals surface area contributed by atoms with Gasteiger partial charge >= 0.3 is 0 Å². The van der Waals surface area contributed by atoms with Crippen LogP contribution in [0.1, 0.15) is 15.9 Å². The van der Waals surface area contributed by atoms with Crippen LogP contribution in [0.5, 0.6) is 11.5 Å². The molecule has 2 aromatic rings. The SMILES string of the molecule is COc1ccc(C(=O)N(C)Cc2ccccc2F)cc1O. The van der Waals surface area contributed by atoms with Gasteiger partial charge in [-0.1, -0.05) is 18.2 Å². The summed E-state index contributed by atoms with van der Waals surface area (Å²) in [4.78, 5) is 13.7. The maximum Gasteiger partial charge on any atom is 0.254 e. The molecule has 4 nitrogen and oxygen atoms in total. The number of nitrogens with zero attached hydrogens (tertiary/aromatic N) is 1. The lowest BCUT2D eigenvalue weighted by Crippen LogP contribution is -2.26. The van der Waals surface area contributed by atoms with E-state index >= 15 is 0 Å². The van der Waals surface area contributed by atoms with E-state index in [1.807, 2.05) is 0 Å². The van der Waals surface area contributed by atoms with Gasteiger partial charge in [-0.15, -0.1) is 0 Å². The molecule has 0 unspecified atom stereocenters. The van der Waals surface area contributed by atoms with Crippen molar-refractivity contribution in [2.75, 3.05) is 14.2 Å². The van der Waals surface area contributed by atoms with E-state index in [9.17, 15) is 14.3 Å². The topological polar surface area (TPSA) is 49.8 Å². The third kappa shape index (κ3) is 3.31. The molecule has 1 N–H and O–H groups in total. The second kappa shape index (κ2) is 6.26. The smallest absolute Gasteiger partial charge is 0.254 e. The number of carbonyl (C=O) groups is 1. The number of aromatic hydroxyl groups is 1. The maximum atomic E-state index is 13.6. The van der Waals surface area contributed by atoms with Crippen molar-refractivity contribution in [3.8, 4) is 11.5 Å². The standard InChI is InChI=1S/C16H16FNO3/c1-18(10-12-5-3-4-6-13(12)17)16(20)11-7-8-15(21-2)14(19)9-11/h3-9,19H,10H2,1-2H3. The van der Waals surface area contributed by atoms with Gasteiger partial charge in [0.25, 0.3) is 5.91 Å². The van der Waals surface area contributed by atoms with Crippen LogP contribution in [0, 0.1) is 5.82 Å². The van der Waals surface area contributed by atoms with Gasteiger partial charge in [0.2, 0.25) is 0 Å². The molecule has 0 saturated carbocycles. The number of ether oxygens (including phenoxy) is 1. The molecular weight excluding hydrogens is 273 g/mol. The number of amides is 1. The molecule has 0 aliphatic carbocycles. The lowest BCUT2D eigenvalue weighted by Gasteiger charge is -2.18. The zero-order chi connectivity index (χ0) is 15.4. The zero-order valence-corrected chi connectivity index (χ0v) is 11.8. The van der Waals surface area contributed by atoms with Crippen molar-refractivity contribution in [1.82, 2.24) is 4.90 Å². The lowest BCUT2D eigenvalue weighted by molar-refractivity contribution is 0.0783. The summed E-state index contributed by atoms with van der Waals surface area (Å²) in [5.74, 6) is -0.475. The molecule has 110 valence electrons. The first-order chi connectivity index (χ1) is 10.0. The van der Waals surface area contributed by atoms with Crippen molar-refractivity contribution in [3.63, 3.8) is 0 Å². The molecule has 0 aliphatic rings. The minimum absolute atomic E-state index is 0.109. The first kappa shape index (κ1) is 14.8. The number of hydrogen-bond donors (Lipinski definition) is 1. The van der Waals surface area contributed by atoms with Crippen LogP contribution in [0.3, 0.4) is 0 Å². The number of benzene rings is 2. The second-order valence-electron chi connectivity index (χ2n) is 4.64. The molecule has 0 aromatic heterocycles. The third-order valence-corrected chi connectivity index (χ3v) is 3.14.